The minimum absolute atomic E-state index is 0.0480. The van der Waals surface area contributed by atoms with Gasteiger partial charge in [0, 0.05) is 19.6 Å². The molecule has 0 aromatic heterocycles. The van der Waals surface area contributed by atoms with Crippen molar-refractivity contribution in [3.8, 4) is 0 Å². The van der Waals surface area contributed by atoms with E-state index in [9.17, 15) is 14.4 Å². The largest absolute Gasteiger partial charge is 0.478 e. The molecule has 1 aliphatic heterocycles. The molecular weight excluding hydrogens is 312 g/mol. The monoisotopic (exact) mass is 334 g/mol. The second-order valence-electron chi connectivity index (χ2n) is 6.00. The van der Waals surface area contributed by atoms with E-state index in [2.05, 4.69) is 5.32 Å². The molecule has 7 heteroatoms. The minimum atomic E-state index is -0.979. The number of methoxy groups -OCH3 is 1. The van der Waals surface area contributed by atoms with Gasteiger partial charge in [-0.15, -0.1) is 0 Å². The third-order valence-electron chi connectivity index (χ3n) is 4.34. The Morgan fingerprint density at radius 2 is 1.96 bits per heavy atom. The summed E-state index contributed by atoms with van der Waals surface area (Å²) in [4.78, 5) is 36.4. The third kappa shape index (κ3) is 4.24. The smallest absolute Gasteiger partial charge is 0.335 e. The first kappa shape index (κ1) is 17.8. The van der Waals surface area contributed by atoms with E-state index in [4.69, 9.17) is 9.84 Å². The van der Waals surface area contributed by atoms with Gasteiger partial charge in [0.15, 0.2) is 0 Å². The number of benzene rings is 1. The van der Waals surface area contributed by atoms with Crippen LogP contribution < -0.4 is 5.32 Å². The zero-order valence-electron chi connectivity index (χ0n) is 13.8. The van der Waals surface area contributed by atoms with Crippen molar-refractivity contribution in [2.75, 3.05) is 20.2 Å². The highest BCUT2D eigenvalue weighted by Gasteiger charge is 2.33. The van der Waals surface area contributed by atoms with Crippen molar-refractivity contribution in [2.45, 2.75) is 19.9 Å². The van der Waals surface area contributed by atoms with Crippen LogP contribution in [0, 0.1) is 11.8 Å². The molecule has 0 bridgehead atoms. The Balaban J connectivity index is 1.85. The molecule has 1 aliphatic rings. The molecule has 2 unspecified atom stereocenters. The lowest BCUT2D eigenvalue weighted by atomic mass is 9.87. The lowest BCUT2D eigenvalue weighted by Gasteiger charge is -2.35. The predicted octanol–water partition coefficient (Wildman–Crippen LogP) is 1.73. The summed E-state index contributed by atoms with van der Waals surface area (Å²) >= 11 is 0. The van der Waals surface area contributed by atoms with E-state index in [1.807, 2.05) is 6.92 Å². The first-order valence-corrected chi connectivity index (χ1v) is 7.85. The van der Waals surface area contributed by atoms with Crippen molar-refractivity contribution in [3.63, 3.8) is 0 Å². The van der Waals surface area contributed by atoms with Gasteiger partial charge < -0.3 is 20.1 Å². The van der Waals surface area contributed by atoms with E-state index >= 15 is 0 Å². The number of carboxylic acid groups (broad SMARTS) is 1. The maximum atomic E-state index is 12.2. The molecule has 2 rings (SSSR count). The Labute approximate surface area is 140 Å². The van der Waals surface area contributed by atoms with E-state index in [1.54, 1.807) is 17.0 Å². The molecule has 0 spiro atoms. The summed E-state index contributed by atoms with van der Waals surface area (Å²) in [5, 5.41) is 11.7. The predicted molar refractivity (Wildman–Crippen MR) is 86.5 cm³/mol. The van der Waals surface area contributed by atoms with Crippen LogP contribution in [-0.4, -0.2) is 48.2 Å². The second-order valence-corrected chi connectivity index (χ2v) is 6.00. The van der Waals surface area contributed by atoms with Crippen molar-refractivity contribution < 1.29 is 24.2 Å². The normalized spacial score (nSPS) is 20.3. The molecule has 1 aromatic carbocycles. The van der Waals surface area contributed by atoms with Crippen molar-refractivity contribution in [2.24, 2.45) is 11.8 Å². The Bertz CT molecular complexity index is 614. The number of nitrogens with zero attached hydrogens (tertiary/aromatic N) is 1. The zero-order valence-corrected chi connectivity index (χ0v) is 13.8. The Morgan fingerprint density at radius 3 is 2.50 bits per heavy atom. The number of ether oxygens (including phenoxy) is 1. The number of likely N-dealkylation sites (tertiary alicyclic amines) is 1. The number of carboxylic acids is 1. The molecule has 1 fully saturated rings. The molecule has 2 atom stereocenters. The van der Waals surface area contributed by atoms with Gasteiger partial charge in [0.2, 0.25) is 0 Å². The van der Waals surface area contributed by atoms with Crippen LogP contribution in [0.15, 0.2) is 24.3 Å². The molecule has 0 saturated carbocycles. The summed E-state index contributed by atoms with van der Waals surface area (Å²) in [6.07, 6.45) is 0.592. The molecule has 2 N–H and O–H groups in total. The summed E-state index contributed by atoms with van der Waals surface area (Å²) < 4.78 is 4.79. The van der Waals surface area contributed by atoms with Crippen LogP contribution in [0.2, 0.25) is 0 Å². The Hall–Kier alpha value is -2.57. The molecule has 130 valence electrons. The quantitative estimate of drug-likeness (QED) is 0.818. The first-order chi connectivity index (χ1) is 11.4. The standard InChI is InChI=1S/C17H22N2O5/c1-11-10-19(8-7-14(11)16(22)24-2)17(23)18-9-12-3-5-13(6-4-12)15(20)21/h3-6,11,14H,7-10H2,1-2H3,(H,18,23)(H,20,21). The van der Waals surface area contributed by atoms with Crippen molar-refractivity contribution >= 4 is 18.0 Å². The summed E-state index contributed by atoms with van der Waals surface area (Å²) in [6, 6.07) is 6.18. The molecule has 0 radical (unpaired) electrons. The molecule has 0 aliphatic carbocycles. The van der Waals surface area contributed by atoms with Crippen LogP contribution in [0.5, 0.6) is 0 Å². The van der Waals surface area contributed by atoms with Crippen LogP contribution >= 0.6 is 0 Å². The SMILES string of the molecule is COC(=O)C1CCN(C(=O)NCc2ccc(C(=O)O)cc2)CC1C. The number of esters is 1. The van der Waals surface area contributed by atoms with E-state index in [-0.39, 0.29) is 29.4 Å². The highest BCUT2D eigenvalue weighted by Crippen LogP contribution is 2.24. The van der Waals surface area contributed by atoms with E-state index in [1.165, 1.54) is 19.2 Å². The molecule has 2 amide bonds. The Kier molecular flexibility index (Phi) is 5.78. The Morgan fingerprint density at radius 1 is 1.29 bits per heavy atom. The lowest BCUT2D eigenvalue weighted by molar-refractivity contribution is -0.148. The molecule has 24 heavy (non-hydrogen) atoms. The highest BCUT2D eigenvalue weighted by atomic mass is 16.5. The second kappa shape index (κ2) is 7.81. The van der Waals surface area contributed by atoms with E-state index in [0.29, 0.717) is 26.1 Å². The number of carbonyl (C=O) groups excluding carboxylic acids is 2. The number of amides is 2. The van der Waals surface area contributed by atoms with Gasteiger partial charge in [0.05, 0.1) is 18.6 Å². The molecular formula is C17H22N2O5. The summed E-state index contributed by atoms with van der Waals surface area (Å²) in [5.74, 6) is -1.32. The summed E-state index contributed by atoms with van der Waals surface area (Å²) in [5.41, 5.74) is 1.04. The number of aromatic carboxylic acids is 1. The van der Waals surface area contributed by atoms with Gasteiger partial charge in [0.25, 0.3) is 0 Å². The van der Waals surface area contributed by atoms with Crippen LogP contribution in [-0.2, 0) is 16.1 Å². The first-order valence-electron chi connectivity index (χ1n) is 7.85. The number of rotatable bonds is 4. The van der Waals surface area contributed by atoms with Gasteiger partial charge in [0.1, 0.15) is 0 Å². The molecule has 7 nitrogen and oxygen atoms in total. The van der Waals surface area contributed by atoms with Gasteiger partial charge >= 0.3 is 18.0 Å². The van der Waals surface area contributed by atoms with Crippen LogP contribution in [0.1, 0.15) is 29.3 Å². The number of urea groups is 1. The number of hydrogen-bond donors (Lipinski definition) is 2. The van der Waals surface area contributed by atoms with E-state index in [0.717, 1.165) is 5.56 Å². The van der Waals surface area contributed by atoms with Crippen LogP contribution in [0.3, 0.4) is 0 Å². The summed E-state index contributed by atoms with van der Waals surface area (Å²) in [6.45, 7) is 3.27. The van der Waals surface area contributed by atoms with Gasteiger partial charge in [-0.25, -0.2) is 9.59 Å². The maximum Gasteiger partial charge on any atom is 0.335 e. The molecule has 1 aromatic rings. The lowest BCUT2D eigenvalue weighted by Crippen LogP contribution is -2.48. The zero-order chi connectivity index (χ0) is 17.7. The third-order valence-corrected chi connectivity index (χ3v) is 4.34. The number of nitrogens with one attached hydrogen (secondary N) is 1. The number of piperidine rings is 1. The maximum absolute atomic E-state index is 12.2. The minimum Gasteiger partial charge on any atom is -0.478 e. The van der Waals surface area contributed by atoms with Gasteiger partial charge in [-0.05, 0) is 30.0 Å². The number of hydrogen-bond acceptors (Lipinski definition) is 4. The fraction of sp³-hybridized carbons (Fsp3) is 0.471. The fourth-order valence-corrected chi connectivity index (χ4v) is 2.89. The fourth-order valence-electron chi connectivity index (χ4n) is 2.89. The summed E-state index contributed by atoms with van der Waals surface area (Å²) in [7, 11) is 1.38. The van der Waals surface area contributed by atoms with Gasteiger partial charge in [-0.3, -0.25) is 4.79 Å². The van der Waals surface area contributed by atoms with Crippen molar-refractivity contribution in [3.05, 3.63) is 35.4 Å². The highest BCUT2D eigenvalue weighted by molar-refractivity contribution is 5.87. The molecule has 1 saturated heterocycles. The van der Waals surface area contributed by atoms with E-state index < -0.39 is 5.97 Å². The number of carbonyl (C=O) groups is 3. The average molecular weight is 334 g/mol. The average Bonchev–Trinajstić information content (AvgIpc) is 2.59. The van der Waals surface area contributed by atoms with Gasteiger partial charge in [-0.2, -0.15) is 0 Å². The topological polar surface area (TPSA) is 95.9 Å². The van der Waals surface area contributed by atoms with Crippen molar-refractivity contribution in [1.29, 1.82) is 0 Å². The van der Waals surface area contributed by atoms with Crippen LogP contribution in [0.4, 0.5) is 4.79 Å². The molecule has 1 heterocycles. The van der Waals surface area contributed by atoms with Crippen LogP contribution in [0.25, 0.3) is 0 Å². The van der Waals surface area contributed by atoms with Gasteiger partial charge in [-0.1, -0.05) is 19.1 Å². The van der Waals surface area contributed by atoms with Crippen molar-refractivity contribution in [1.82, 2.24) is 10.2 Å².